The number of nitrogens with one attached hydrogen (secondary N) is 1. The van der Waals surface area contributed by atoms with Crippen LogP contribution in [0.15, 0.2) is 47.3 Å². The Balaban J connectivity index is 1.35. The van der Waals surface area contributed by atoms with Crippen LogP contribution in [-0.4, -0.2) is 33.8 Å². The number of nitrogens with zero attached hydrogens (tertiary/aromatic N) is 3. The summed E-state index contributed by atoms with van der Waals surface area (Å²) in [6.45, 7) is 2.54. The van der Waals surface area contributed by atoms with Gasteiger partial charge >= 0.3 is 5.97 Å². The minimum absolute atomic E-state index is 0.0401. The van der Waals surface area contributed by atoms with E-state index < -0.39 is 5.97 Å². The number of carbonyl (C=O) groups excluding carboxylic acids is 2. The maximum Gasteiger partial charge on any atom is 0.338 e. The maximum atomic E-state index is 12.6. The van der Waals surface area contributed by atoms with E-state index in [0.717, 1.165) is 30.8 Å². The highest BCUT2D eigenvalue weighted by molar-refractivity contribution is 6.05. The van der Waals surface area contributed by atoms with Crippen molar-refractivity contribution in [2.24, 2.45) is 0 Å². The van der Waals surface area contributed by atoms with Gasteiger partial charge in [0.1, 0.15) is 18.3 Å². The Morgan fingerprint density at radius 1 is 1.23 bits per heavy atom. The number of pyridine rings is 1. The first-order valence-electron chi connectivity index (χ1n) is 9.88. The Morgan fingerprint density at radius 3 is 2.97 bits per heavy atom. The summed E-state index contributed by atoms with van der Waals surface area (Å²) >= 11 is 0. The van der Waals surface area contributed by atoms with Gasteiger partial charge < -0.3 is 15.0 Å². The third kappa shape index (κ3) is 3.01. The van der Waals surface area contributed by atoms with Gasteiger partial charge in [0.05, 0.1) is 22.6 Å². The normalized spacial score (nSPS) is 17.4. The molecular formula is C22H20N4O4. The zero-order chi connectivity index (χ0) is 20.8. The number of hydrogen-bond donors (Lipinski definition) is 1. The third-order valence-electron chi connectivity index (χ3n) is 5.64. The van der Waals surface area contributed by atoms with Crippen molar-refractivity contribution in [2.75, 3.05) is 16.8 Å². The van der Waals surface area contributed by atoms with Gasteiger partial charge in [0.15, 0.2) is 0 Å². The highest BCUT2D eigenvalue weighted by Gasteiger charge is 2.36. The highest BCUT2D eigenvalue weighted by atomic mass is 16.5. The minimum atomic E-state index is -0.540. The smallest absolute Gasteiger partial charge is 0.338 e. The number of aromatic nitrogens is 2. The van der Waals surface area contributed by atoms with Gasteiger partial charge in [0.25, 0.3) is 5.56 Å². The highest BCUT2D eigenvalue weighted by Crippen LogP contribution is 2.37. The Bertz CT molecular complexity index is 1250. The van der Waals surface area contributed by atoms with E-state index in [1.54, 1.807) is 18.2 Å². The number of esters is 1. The molecule has 2 aliphatic heterocycles. The van der Waals surface area contributed by atoms with Gasteiger partial charge in [-0.1, -0.05) is 6.07 Å². The van der Waals surface area contributed by atoms with Crippen LogP contribution in [0.5, 0.6) is 0 Å². The summed E-state index contributed by atoms with van der Waals surface area (Å²) in [6.07, 6.45) is 1.81. The zero-order valence-corrected chi connectivity index (χ0v) is 16.4. The van der Waals surface area contributed by atoms with E-state index in [0.29, 0.717) is 22.6 Å². The van der Waals surface area contributed by atoms with Crippen molar-refractivity contribution in [3.63, 3.8) is 0 Å². The van der Waals surface area contributed by atoms with Crippen LogP contribution in [0.1, 0.15) is 34.6 Å². The number of carbonyl (C=O) groups is 2. The number of hydrogen-bond acceptors (Lipinski definition) is 6. The molecule has 8 nitrogen and oxygen atoms in total. The fraction of sp³-hybridized carbons (Fsp3) is 0.273. The second-order valence-corrected chi connectivity index (χ2v) is 7.60. The van der Waals surface area contributed by atoms with Crippen molar-refractivity contribution < 1.29 is 14.3 Å². The van der Waals surface area contributed by atoms with Gasteiger partial charge in [-0.3, -0.25) is 14.0 Å². The Morgan fingerprint density at radius 2 is 2.10 bits per heavy atom. The molecule has 152 valence electrons. The van der Waals surface area contributed by atoms with E-state index in [4.69, 9.17) is 4.74 Å². The number of fused-ring (bicyclic) bond motifs is 4. The van der Waals surface area contributed by atoms with Crippen LogP contribution in [0.3, 0.4) is 0 Å². The van der Waals surface area contributed by atoms with Gasteiger partial charge in [-0.2, -0.15) is 0 Å². The lowest BCUT2D eigenvalue weighted by molar-refractivity contribution is -0.117. The van der Waals surface area contributed by atoms with Crippen LogP contribution < -0.4 is 15.8 Å². The summed E-state index contributed by atoms with van der Waals surface area (Å²) in [5.74, 6) is -0.580. The zero-order valence-electron chi connectivity index (χ0n) is 16.4. The lowest BCUT2D eigenvalue weighted by Gasteiger charge is -2.33. The molecule has 1 atom stereocenters. The molecule has 1 N–H and O–H groups in total. The molecule has 0 spiro atoms. The molecule has 5 rings (SSSR count). The van der Waals surface area contributed by atoms with Crippen molar-refractivity contribution in [3.05, 3.63) is 69.8 Å². The maximum absolute atomic E-state index is 12.6. The van der Waals surface area contributed by atoms with Gasteiger partial charge in [0, 0.05) is 18.3 Å². The predicted octanol–water partition coefficient (Wildman–Crippen LogP) is 2.28. The molecule has 4 heterocycles. The molecule has 0 aliphatic carbocycles. The van der Waals surface area contributed by atoms with Crippen LogP contribution in [0, 0.1) is 6.92 Å². The lowest BCUT2D eigenvalue weighted by atomic mass is 10.1. The molecule has 0 radical (unpaired) electrons. The van der Waals surface area contributed by atoms with Crippen LogP contribution in [0.2, 0.25) is 0 Å². The van der Waals surface area contributed by atoms with Crippen molar-refractivity contribution in [3.8, 4) is 0 Å². The van der Waals surface area contributed by atoms with Crippen molar-refractivity contribution >= 4 is 28.9 Å². The fourth-order valence-corrected chi connectivity index (χ4v) is 4.22. The van der Waals surface area contributed by atoms with Gasteiger partial charge in [-0.25, -0.2) is 9.78 Å². The quantitative estimate of drug-likeness (QED) is 0.674. The largest absolute Gasteiger partial charge is 0.456 e. The average molecular weight is 404 g/mol. The van der Waals surface area contributed by atoms with Crippen molar-refractivity contribution in [1.82, 2.24) is 9.38 Å². The molecule has 1 aromatic carbocycles. The number of rotatable bonds is 3. The molecule has 30 heavy (non-hydrogen) atoms. The van der Waals surface area contributed by atoms with Crippen molar-refractivity contribution in [2.45, 2.75) is 32.4 Å². The number of benzene rings is 1. The second-order valence-electron chi connectivity index (χ2n) is 7.60. The SMILES string of the molecule is Cc1cccc2nc(COC(=O)c3ccc4c(c3)NC(=O)[C@H]3CCCN43)cc(=O)n12. The van der Waals surface area contributed by atoms with E-state index in [2.05, 4.69) is 15.2 Å². The van der Waals surface area contributed by atoms with Crippen LogP contribution in [0.4, 0.5) is 11.4 Å². The molecule has 0 bridgehead atoms. The van der Waals surface area contributed by atoms with E-state index in [9.17, 15) is 14.4 Å². The standard InChI is InChI=1S/C22H20N4O4/c1-13-4-2-6-19-23-15(11-20(27)26(13)19)12-30-22(29)14-7-8-17-16(10-14)24-21(28)18-5-3-9-25(17)18/h2,4,6-8,10-11,18H,3,5,9,12H2,1H3,(H,24,28)/t18-/m1/s1. The number of aryl methyl sites for hydroxylation is 1. The van der Waals surface area contributed by atoms with E-state index in [1.165, 1.54) is 10.5 Å². The summed E-state index contributed by atoms with van der Waals surface area (Å²) in [5, 5.41) is 2.89. The summed E-state index contributed by atoms with van der Waals surface area (Å²) in [7, 11) is 0. The lowest BCUT2D eigenvalue weighted by Crippen LogP contribution is -2.43. The molecule has 3 aromatic rings. The predicted molar refractivity (Wildman–Crippen MR) is 111 cm³/mol. The van der Waals surface area contributed by atoms with Crippen LogP contribution in [0.25, 0.3) is 5.65 Å². The summed E-state index contributed by atoms with van der Waals surface area (Å²) in [6, 6.07) is 11.8. The monoisotopic (exact) mass is 404 g/mol. The second kappa shape index (κ2) is 6.98. The Kier molecular flexibility index (Phi) is 4.27. The van der Waals surface area contributed by atoms with E-state index in [1.807, 2.05) is 25.1 Å². The molecule has 1 amide bonds. The molecule has 0 unspecified atom stereocenters. The first-order chi connectivity index (χ1) is 14.5. The number of amides is 1. The topological polar surface area (TPSA) is 93.0 Å². The molecule has 1 fully saturated rings. The molecule has 0 saturated carbocycles. The van der Waals surface area contributed by atoms with Gasteiger partial charge in [0.2, 0.25) is 5.91 Å². The van der Waals surface area contributed by atoms with Crippen LogP contribution in [-0.2, 0) is 16.1 Å². The van der Waals surface area contributed by atoms with Gasteiger partial charge in [-0.15, -0.1) is 0 Å². The van der Waals surface area contributed by atoms with Crippen LogP contribution >= 0.6 is 0 Å². The molecule has 1 saturated heterocycles. The first-order valence-corrected chi connectivity index (χ1v) is 9.88. The van der Waals surface area contributed by atoms with Gasteiger partial charge in [-0.05, 0) is 50.1 Å². The first kappa shape index (κ1) is 18.4. The Labute approximate surface area is 172 Å². The van der Waals surface area contributed by atoms with E-state index >= 15 is 0 Å². The molecule has 2 aliphatic rings. The molecule has 2 aromatic heterocycles. The number of ether oxygens (including phenoxy) is 1. The molecular weight excluding hydrogens is 384 g/mol. The molecule has 8 heteroatoms. The van der Waals surface area contributed by atoms with Crippen molar-refractivity contribution in [1.29, 1.82) is 0 Å². The summed E-state index contributed by atoms with van der Waals surface area (Å²) in [4.78, 5) is 43.7. The van der Waals surface area contributed by atoms with E-state index in [-0.39, 0.29) is 24.1 Å². The average Bonchev–Trinajstić information content (AvgIpc) is 3.22. The summed E-state index contributed by atoms with van der Waals surface area (Å²) in [5.41, 5.74) is 3.32. The fourth-order valence-electron chi connectivity index (χ4n) is 4.22. The third-order valence-corrected chi connectivity index (χ3v) is 5.64. The minimum Gasteiger partial charge on any atom is -0.456 e. The Hall–Kier alpha value is -3.68. The summed E-state index contributed by atoms with van der Waals surface area (Å²) < 4.78 is 6.88. The number of anilines is 2.